The summed E-state index contributed by atoms with van der Waals surface area (Å²) < 4.78 is 20.2. The zero-order valence-corrected chi connectivity index (χ0v) is 35.5. The van der Waals surface area contributed by atoms with Gasteiger partial charge in [0.2, 0.25) is 11.8 Å². The number of ether oxygens (including phenoxy) is 3. The van der Waals surface area contributed by atoms with Crippen LogP contribution in [0.15, 0.2) is 36.5 Å². The number of rotatable bonds is 16. The van der Waals surface area contributed by atoms with E-state index >= 15 is 0 Å². The maximum Gasteiger partial charge on any atom is 0.408 e. The zero-order chi connectivity index (χ0) is 42.4. The number of carbonyl (C=O) groups excluding carboxylic acids is 3. The minimum atomic E-state index is -1.40. The fourth-order valence-corrected chi connectivity index (χ4v) is 8.66. The van der Waals surface area contributed by atoms with Crippen LogP contribution in [-0.2, 0) is 19.1 Å². The first-order chi connectivity index (χ1) is 27.9. The highest BCUT2D eigenvalue weighted by Gasteiger charge is 2.61. The summed E-state index contributed by atoms with van der Waals surface area (Å²) in [6.07, 6.45) is 4.05. The Labute approximate surface area is 345 Å². The second-order valence-electron chi connectivity index (χ2n) is 18.5. The van der Waals surface area contributed by atoms with E-state index in [1.54, 1.807) is 16.9 Å². The molecule has 4 fully saturated rings. The Morgan fingerprint density at radius 3 is 2.42 bits per heavy atom. The summed E-state index contributed by atoms with van der Waals surface area (Å²) in [4.78, 5) is 63.1. The number of nitrogens with zero attached hydrogens (tertiary/aromatic N) is 5. The number of aliphatic carboxylic acids is 1. The molecule has 1 aliphatic heterocycles. The number of hydrogen-bond donors (Lipinski definition) is 4. The predicted molar refractivity (Wildman–Crippen MR) is 221 cm³/mol. The number of likely N-dealkylation sites (N-methyl/N-ethyl adjacent to an activating group) is 1. The standard InChI is InChI=1S/C43H60N8O8/c1-9-27-22-43(27,40(54)55)47-38(52)33-20-30(23-50(33)39(53)37(42(4,5)6)46-41(56)59-29-17-25-16-26(25)18-29)58-34-21-36(51-13-12-35(48-51)44-24(2)3)45-32-19-28(10-11-31(32)34)57-15-14-49(7)8/h10-13,19,21,24-27,29-30,33,37H,9,14-18,20,22-23H2,1-8H3,(H,44,48)(H,46,56)(H,47,52)(H,54,55)/t25?,26?,27?,29?,30?,33?,37-,43-/m1/s1. The molecule has 3 aromatic rings. The van der Waals surface area contributed by atoms with Gasteiger partial charge in [-0.05, 0) is 88.9 Å². The van der Waals surface area contributed by atoms with Gasteiger partial charge in [0.15, 0.2) is 5.82 Å². The van der Waals surface area contributed by atoms with Crippen LogP contribution in [0.2, 0.25) is 0 Å². The largest absolute Gasteiger partial charge is 0.492 e. The number of benzene rings is 1. The van der Waals surface area contributed by atoms with Crippen molar-refractivity contribution in [3.05, 3.63) is 36.5 Å². The van der Waals surface area contributed by atoms with Crippen LogP contribution in [0.1, 0.15) is 80.1 Å². The molecule has 3 amide bonds. The van der Waals surface area contributed by atoms with E-state index in [9.17, 15) is 24.3 Å². The Balaban J connectivity index is 1.19. The van der Waals surface area contributed by atoms with Gasteiger partial charge in [0, 0.05) is 48.8 Å². The van der Waals surface area contributed by atoms with Gasteiger partial charge in [0.1, 0.15) is 53.8 Å². The van der Waals surface area contributed by atoms with Crippen molar-refractivity contribution in [2.24, 2.45) is 23.2 Å². The number of anilines is 1. The molecule has 59 heavy (non-hydrogen) atoms. The van der Waals surface area contributed by atoms with Crippen molar-refractivity contribution in [1.29, 1.82) is 0 Å². The first-order valence-corrected chi connectivity index (χ1v) is 21.0. The van der Waals surface area contributed by atoms with Gasteiger partial charge in [-0.1, -0.05) is 34.1 Å². The number of likely N-dealkylation sites (tertiary alicyclic amines) is 1. The van der Waals surface area contributed by atoms with Gasteiger partial charge in [-0.25, -0.2) is 19.3 Å². The lowest BCUT2D eigenvalue weighted by molar-refractivity contribution is -0.146. The van der Waals surface area contributed by atoms with Crippen LogP contribution in [-0.4, -0.2) is 123 Å². The van der Waals surface area contributed by atoms with E-state index in [2.05, 4.69) is 21.0 Å². The zero-order valence-electron chi connectivity index (χ0n) is 35.5. The van der Waals surface area contributed by atoms with Crippen LogP contribution in [0, 0.1) is 23.2 Å². The van der Waals surface area contributed by atoms with E-state index in [1.807, 2.05) is 84.8 Å². The predicted octanol–water partition coefficient (Wildman–Crippen LogP) is 4.84. The van der Waals surface area contributed by atoms with Crippen molar-refractivity contribution >= 4 is 40.6 Å². The lowest BCUT2D eigenvalue weighted by atomic mass is 9.85. The maximum atomic E-state index is 14.7. The van der Waals surface area contributed by atoms with Crippen molar-refractivity contribution in [2.75, 3.05) is 39.1 Å². The molecule has 16 nitrogen and oxygen atoms in total. The van der Waals surface area contributed by atoms with Gasteiger partial charge in [-0.2, -0.15) is 0 Å². The smallest absolute Gasteiger partial charge is 0.408 e. The number of hydrogen-bond acceptors (Lipinski definition) is 11. The van der Waals surface area contributed by atoms with E-state index in [0.29, 0.717) is 65.3 Å². The van der Waals surface area contributed by atoms with Crippen molar-refractivity contribution in [3.63, 3.8) is 0 Å². The Hall–Kier alpha value is -5.12. The third-order valence-electron chi connectivity index (χ3n) is 12.1. The molecule has 7 rings (SSSR count). The van der Waals surface area contributed by atoms with Crippen molar-refractivity contribution in [3.8, 4) is 17.3 Å². The molecule has 3 heterocycles. The van der Waals surface area contributed by atoms with Crippen LogP contribution >= 0.6 is 0 Å². The van der Waals surface area contributed by atoms with E-state index in [0.717, 1.165) is 19.4 Å². The minimum Gasteiger partial charge on any atom is -0.492 e. The molecule has 3 aliphatic carbocycles. The molecule has 3 saturated carbocycles. The number of carboxylic acid groups (broad SMARTS) is 1. The topological polar surface area (TPSA) is 189 Å². The van der Waals surface area contributed by atoms with Gasteiger partial charge in [0.25, 0.3) is 0 Å². The van der Waals surface area contributed by atoms with Crippen molar-refractivity contribution in [1.82, 2.24) is 35.2 Å². The summed E-state index contributed by atoms with van der Waals surface area (Å²) in [5.74, 6) is 1.07. The fraction of sp³-hybridized carbons (Fsp3) is 0.628. The summed E-state index contributed by atoms with van der Waals surface area (Å²) in [5.41, 5.74) is -1.58. The molecule has 0 spiro atoms. The number of pyridine rings is 1. The summed E-state index contributed by atoms with van der Waals surface area (Å²) in [6, 6.07) is 7.24. The number of amides is 3. The molecule has 2 aromatic heterocycles. The normalized spacial score (nSPS) is 26.4. The maximum absolute atomic E-state index is 14.7. The van der Waals surface area contributed by atoms with Crippen LogP contribution in [0.25, 0.3) is 16.7 Å². The Morgan fingerprint density at radius 1 is 1.03 bits per heavy atom. The summed E-state index contributed by atoms with van der Waals surface area (Å²) in [6.45, 7) is 12.7. The summed E-state index contributed by atoms with van der Waals surface area (Å²) in [7, 11) is 3.95. The average Bonchev–Trinajstić information content (AvgIpc) is 3.83. The molecule has 4 aliphatic rings. The number of carboxylic acids is 1. The SMILES string of the molecule is CCC1C[C@]1(NC(=O)C1CC(Oc2cc(-n3ccc(NC(C)C)n3)nc3cc(OCCN(C)C)ccc23)CN1C(=O)[C@@H](NC(=O)OC1CC2CC2C1)C(C)(C)C)C(=O)O. The number of fused-ring (bicyclic) bond motifs is 2. The molecule has 0 bridgehead atoms. The van der Waals surface area contributed by atoms with E-state index in [1.165, 1.54) is 11.3 Å². The first-order valence-electron chi connectivity index (χ1n) is 21.0. The molecular weight excluding hydrogens is 757 g/mol. The number of aromatic nitrogens is 3. The van der Waals surface area contributed by atoms with Gasteiger partial charge in [0.05, 0.1) is 12.1 Å². The quantitative estimate of drug-likeness (QED) is 0.154. The van der Waals surface area contributed by atoms with Crippen LogP contribution in [0.3, 0.4) is 0 Å². The molecule has 1 aromatic carbocycles. The molecule has 1 saturated heterocycles. The first kappa shape index (κ1) is 42.0. The van der Waals surface area contributed by atoms with Gasteiger partial charge < -0.3 is 45.1 Å². The summed E-state index contributed by atoms with van der Waals surface area (Å²) in [5, 5.41) is 24.5. The number of nitrogens with one attached hydrogen (secondary N) is 3. The highest BCUT2D eigenvalue weighted by atomic mass is 16.6. The average molecular weight is 817 g/mol. The third-order valence-corrected chi connectivity index (χ3v) is 12.1. The van der Waals surface area contributed by atoms with Crippen LogP contribution in [0.4, 0.5) is 10.6 Å². The minimum absolute atomic E-state index is 0.00139. The van der Waals surface area contributed by atoms with Crippen molar-refractivity contribution in [2.45, 2.75) is 116 Å². The molecule has 16 heteroatoms. The monoisotopic (exact) mass is 816 g/mol. The van der Waals surface area contributed by atoms with Gasteiger partial charge in [-0.15, -0.1) is 5.10 Å². The molecule has 7 atom stereocenters. The van der Waals surface area contributed by atoms with Gasteiger partial charge >= 0.3 is 12.1 Å². The summed E-state index contributed by atoms with van der Waals surface area (Å²) >= 11 is 0. The number of alkyl carbamates (subject to hydrolysis) is 1. The highest BCUT2D eigenvalue weighted by Crippen LogP contribution is 2.52. The third kappa shape index (κ3) is 9.37. The molecule has 4 N–H and O–H groups in total. The highest BCUT2D eigenvalue weighted by molar-refractivity contribution is 5.96. The fourth-order valence-electron chi connectivity index (χ4n) is 8.66. The van der Waals surface area contributed by atoms with Gasteiger partial charge in [-0.3, -0.25) is 9.59 Å². The van der Waals surface area contributed by atoms with E-state index < -0.39 is 53.0 Å². The van der Waals surface area contributed by atoms with Crippen molar-refractivity contribution < 1.29 is 38.5 Å². The molecule has 0 radical (unpaired) electrons. The Morgan fingerprint density at radius 2 is 1.78 bits per heavy atom. The second kappa shape index (κ2) is 16.5. The lowest BCUT2D eigenvalue weighted by Crippen LogP contribution is -2.59. The van der Waals surface area contributed by atoms with E-state index in [-0.39, 0.29) is 31.0 Å². The lowest BCUT2D eigenvalue weighted by Gasteiger charge is -2.35. The molecular formula is C43H60N8O8. The Bertz CT molecular complexity index is 2050. The molecule has 320 valence electrons. The van der Waals surface area contributed by atoms with Crippen LogP contribution < -0.4 is 25.4 Å². The Kier molecular flexibility index (Phi) is 11.8. The van der Waals surface area contributed by atoms with Crippen LogP contribution in [0.5, 0.6) is 11.5 Å². The molecule has 5 unspecified atom stereocenters. The number of carbonyl (C=O) groups is 4. The second-order valence-corrected chi connectivity index (χ2v) is 18.5. The van der Waals surface area contributed by atoms with E-state index in [4.69, 9.17) is 19.2 Å².